The average Bonchev–Trinajstić information content (AvgIpc) is 2.30. The average molecular weight is 257 g/mol. The summed E-state index contributed by atoms with van der Waals surface area (Å²) in [4.78, 5) is 12.6. The van der Waals surface area contributed by atoms with Crippen molar-refractivity contribution in [3.05, 3.63) is 35.4 Å². The van der Waals surface area contributed by atoms with Gasteiger partial charge in [0.05, 0.1) is 0 Å². The monoisotopic (exact) mass is 257 g/mol. The van der Waals surface area contributed by atoms with Gasteiger partial charge < -0.3 is 5.11 Å². The molecule has 1 rings (SSSR count). The maximum absolute atomic E-state index is 13.6. The van der Waals surface area contributed by atoms with Crippen LogP contribution in [0.5, 0.6) is 0 Å². The quantitative estimate of drug-likeness (QED) is 0.901. The molecule has 0 radical (unpaired) electrons. The van der Waals surface area contributed by atoms with Gasteiger partial charge in [0.1, 0.15) is 17.2 Å². The number of carboxylic acid groups (broad SMARTS) is 1. The third-order valence-corrected chi connectivity index (χ3v) is 3.39. The van der Waals surface area contributed by atoms with E-state index in [-0.39, 0.29) is 5.56 Å². The van der Waals surface area contributed by atoms with Crippen LogP contribution < -0.4 is 0 Å². The summed E-state index contributed by atoms with van der Waals surface area (Å²) >= 11 is 0. The van der Waals surface area contributed by atoms with Gasteiger partial charge in [0.15, 0.2) is 0 Å². The van der Waals surface area contributed by atoms with Gasteiger partial charge in [-0.3, -0.25) is 9.69 Å². The molecular weight excluding hydrogens is 240 g/mol. The molecule has 1 N–H and O–H groups in total. The standard InChI is InChI=1S/C13H17F2NO2/c1-8(16(4)13(2,3)12(17)18)10-7-9(14)5-6-11(10)15/h5-8H,1-4H3,(H,17,18). The van der Waals surface area contributed by atoms with Crippen molar-refractivity contribution in [2.45, 2.75) is 32.4 Å². The molecule has 1 unspecified atom stereocenters. The van der Waals surface area contributed by atoms with Crippen LogP contribution in [0.3, 0.4) is 0 Å². The summed E-state index contributed by atoms with van der Waals surface area (Å²) in [7, 11) is 1.57. The molecule has 0 heterocycles. The van der Waals surface area contributed by atoms with E-state index in [4.69, 9.17) is 5.11 Å². The highest BCUT2D eigenvalue weighted by Gasteiger charge is 2.35. The Balaban J connectivity index is 3.10. The fraction of sp³-hybridized carbons (Fsp3) is 0.462. The number of carboxylic acids is 1. The lowest BCUT2D eigenvalue weighted by molar-refractivity contribution is -0.149. The molecule has 100 valence electrons. The molecule has 1 aromatic rings. The van der Waals surface area contributed by atoms with E-state index in [9.17, 15) is 13.6 Å². The lowest BCUT2D eigenvalue weighted by atomic mass is 9.98. The van der Waals surface area contributed by atoms with Crippen molar-refractivity contribution < 1.29 is 18.7 Å². The zero-order valence-electron chi connectivity index (χ0n) is 10.9. The summed E-state index contributed by atoms with van der Waals surface area (Å²) in [5.41, 5.74) is -1.02. The predicted octanol–water partition coefficient (Wildman–Crippen LogP) is 2.82. The summed E-state index contributed by atoms with van der Waals surface area (Å²) in [5, 5.41) is 9.12. The first-order valence-electron chi connectivity index (χ1n) is 5.59. The van der Waals surface area contributed by atoms with E-state index in [1.54, 1.807) is 14.0 Å². The van der Waals surface area contributed by atoms with Crippen LogP contribution in [0.25, 0.3) is 0 Å². The molecule has 0 aliphatic rings. The van der Waals surface area contributed by atoms with Crippen LogP contribution in [0.2, 0.25) is 0 Å². The Morgan fingerprint density at radius 2 is 1.94 bits per heavy atom. The maximum Gasteiger partial charge on any atom is 0.323 e. The Morgan fingerprint density at radius 1 is 1.39 bits per heavy atom. The van der Waals surface area contributed by atoms with Crippen molar-refractivity contribution >= 4 is 5.97 Å². The molecule has 0 amide bonds. The molecule has 3 nitrogen and oxygen atoms in total. The summed E-state index contributed by atoms with van der Waals surface area (Å²) in [6.07, 6.45) is 0. The van der Waals surface area contributed by atoms with Crippen molar-refractivity contribution in [3.8, 4) is 0 Å². The molecule has 0 bridgehead atoms. The highest BCUT2D eigenvalue weighted by Crippen LogP contribution is 2.28. The highest BCUT2D eigenvalue weighted by atomic mass is 19.1. The summed E-state index contributed by atoms with van der Waals surface area (Å²) in [5.74, 6) is -2.11. The minimum absolute atomic E-state index is 0.145. The van der Waals surface area contributed by atoms with E-state index in [1.807, 2.05) is 0 Å². The second-order valence-corrected chi connectivity index (χ2v) is 4.82. The van der Waals surface area contributed by atoms with Crippen molar-refractivity contribution in [2.75, 3.05) is 7.05 Å². The van der Waals surface area contributed by atoms with Gasteiger partial charge in [-0.15, -0.1) is 0 Å². The first-order chi connectivity index (χ1) is 8.17. The van der Waals surface area contributed by atoms with Gasteiger partial charge in [0, 0.05) is 11.6 Å². The van der Waals surface area contributed by atoms with E-state index < -0.39 is 29.2 Å². The molecule has 18 heavy (non-hydrogen) atoms. The lowest BCUT2D eigenvalue weighted by Gasteiger charge is -2.36. The van der Waals surface area contributed by atoms with Gasteiger partial charge in [-0.1, -0.05) is 0 Å². The van der Waals surface area contributed by atoms with Crippen LogP contribution >= 0.6 is 0 Å². The van der Waals surface area contributed by atoms with E-state index in [1.165, 1.54) is 18.7 Å². The first kappa shape index (κ1) is 14.6. The third kappa shape index (κ3) is 2.67. The molecule has 1 aromatic carbocycles. The Hall–Kier alpha value is -1.49. The van der Waals surface area contributed by atoms with E-state index in [0.717, 1.165) is 18.2 Å². The zero-order chi connectivity index (χ0) is 14.1. The molecular formula is C13H17F2NO2. The molecule has 0 saturated heterocycles. The van der Waals surface area contributed by atoms with Gasteiger partial charge in [-0.2, -0.15) is 0 Å². The first-order valence-corrected chi connectivity index (χ1v) is 5.59. The molecule has 0 aromatic heterocycles. The molecule has 0 fully saturated rings. The number of hydrogen-bond donors (Lipinski definition) is 1. The Bertz CT molecular complexity index is 460. The molecule has 0 aliphatic heterocycles. The molecule has 0 saturated carbocycles. The van der Waals surface area contributed by atoms with Crippen LogP contribution in [0.15, 0.2) is 18.2 Å². The van der Waals surface area contributed by atoms with Gasteiger partial charge >= 0.3 is 5.97 Å². The number of halogens is 2. The normalized spacial score (nSPS) is 13.7. The van der Waals surface area contributed by atoms with Gasteiger partial charge in [0.25, 0.3) is 0 Å². The van der Waals surface area contributed by atoms with Crippen LogP contribution in [-0.4, -0.2) is 28.6 Å². The second-order valence-electron chi connectivity index (χ2n) is 4.82. The van der Waals surface area contributed by atoms with Gasteiger partial charge in [-0.05, 0) is 46.0 Å². The maximum atomic E-state index is 13.6. The minimum atomic E-state index is -1.17. The van der Waals surface area contributed by atoms with E-state index >= 15 is 0 Å². The molecule has 0 aliphatic carbocycles. The van der Waals surface area contributed by atoms with Crippen molar-refractivity contribution in [1.82, 2.24) is 4.90 Å². The Kier molecular flexibility index (Phi) is 4.06. The SMILES string of the molecule is CC(c1cc(F)ccc1F)N(C)C(C)(C)C(=O)O. The number of nitrogens with zero attached hydrogens (tertiary/aromatic N) is 1. The van der Waals surface area contributed by atoms with Crippen molar-refractivity contribution in [1.29, 1.82) is 0 Å². The lowest BCUT2D eigenvalue weighted by Crippen LogP contribution is -2.49. The number of benzene rings is 1. The molecule has 1 atom stereocenters. The van der Waals surface area contributed by atoms with E-state index in [0.29, 0.717) is 0 Å². The Morgan fingerprint density at radius 3 is 2.44 bits per heavy atom. The number of likely N-dealkylation sites (N-methyl/N-ethyl adjacent to an activating group) is 1. The fourth-order valence-corrected chi connectivity index (χ4v) is 1.68. The van der Waals surface area contributed by atoms with Crippen LogP contribution in [0, 0.1) is 11.6 Å². The van der Waals surface area contributed by atoms with Crippen molar-refractivity contribution in [3.63, 3.8) is 0 Å². The third-order valence-electron chi connectivity index (χ3n) is 3.39. The smallest absolute Gasteiger partial charge is 0.323 e. The number of rotatable bonds is 4. The minimum Gasteiger partial charge on any atom is -0.480 e. The van der Waals surface area contributed by atoms with Crippen LogP contribution in [-0.2, 0) is 4.79 Å². The molecule has 5 heteroatoms. The number of hydrogen-bond acceptors (Lipinski definition) is 2. The second kappa shape index (κ2) is 5.02. The van der Waals surface area contributed by atoms with Gasteiger partial charge in [-0.25, -0.2) is 8.78 Å². The summed E-state index contributed by atoms with van der Waals surface area (Å²) < 4.78 is 26.8. The fourth-order valence-electron chi connectivity index (χ4n) is 1.68. The van der Waals surface area contributed by atoms with E-state index in [2.05, 4.69) is 0 Å². The topological polar surface area (TPSA) is 40.5 Å². The largest absolute Gasteiger partial charge is 0.480 e. The molecule has 0 spiro atoms. The van der Waals surface area contributed by atoms with Crippen LogP contribution in [0.4, 0.5) is 8.78 Å². The summed E-state index contributed by atoms with van der Waals surface area (Å²) in [6, 6.07) is 2.62. The van der Waals surface area contributed by atoms with Crippen LogP contribution in [0.1, 0.15) is 32.4 Å². The number of aliphatic carboxylic acids is 1. The number of carbonyl (C=O) groups is 1. The summed E-state index contributed by atoms with van der Waals surface area (Å²) in [6.45, 7) is 4.68. The Labute approximate surface area is 105 Å². The zero-order valence-corrected chi connectivity index (χ0v) is 10.9. The predicted molar refractivity (Wildman–Crippen MR) is 64.3 cm³/mol. The highest BCUT2D eigenvalue weighted by molar-refractivity contribution is 5.77. The van der Waals surface area contributed by atoms with Gasteiger partial charge in [0.2, 0.25) is 0 Å². The van der Waals surface area contributed by atoms with Crippen molar-refractivity contribution in [2.24, 2.45) is 0 Å².